The Morgan fingerprint density at radius 1 is 1.24 bits per heavy atom. The lowest BCUT2D eigenvalue weighted by atomic mass is 9.92. The van der Waals surface area contributed by atoms with Crippen LogP contribution in [0.4, 0.5) is 5.82 Å². The van der Waals surface area contributed by atoms with Crippen molar-refractivity contribution in [2.24, 2.45) is 5.92 Å². The maximum absolute atomic E-state index is 12.5. The number of nitrogens with zero attached hydrogens (tertiary/aromatic N) is 3. The fourth-order valence-corrected chi connectivity index (χ4v) is 2.78. The minimum Gasteiger partial charge on any atom is -0.356 e. The van der Waals surface area contributed by atoms with Crippen LogP contribution in [0, 0.1) is 5.92 Å². The molecule has 0 amide bonds. The number of hydrogen-bond donors (Lipinski definition) is 0. The van der Waals surface area contributed by atoms with Gasteiger partial charge in [-0.1, -0.05) is 17.7 Å². The standard InChI is InChI=1S/C16H16ClN3O/c17-13-6-7-15(19-10-13)20-9-3-4-12(11-20)16(21)14-5-1-2-8-18-14/h1-2,5-8,10,12H,3-4,9,11H2. The van der Waals surface area contributed by atoms with Crippen LogP contribution in [0.3, 0.4) is 0 Å². The van der Waals surface area contributed by atoms with E-state index in [1.165, 1.54) is 0 Å². The summed E-state index contributed by atoms with van der Waals surface area (Å²) in [5.41, 5.74) is 0.549. The van der Waals surface area contributed by atoms with Gasteiger partial charge < -0.3 is 4.90 Å². The molecule has 0 saturated carbocycles. The number of carbonyl (C=O) groups is 1. The van der Waals surface area contributed by atoms with E-state index in [9.17, 15) is 4.79 Å². The average molecular weight is 302 g/mol. The number of piperidine rings is 1. The van der Waals surface area contributed by atoms with Crippen molar-refractivity contribution in [3.63, 3.8) is 0 Å². The van der Waals surface area contributed by atoms with E-state index in [1.807, 2.05) is 24.3 Å². The molecule has 1 aliphatic heterocycles. The van der Waals surface area contributed by atoms with Gasteiger partial charge >= 0.3 is 0 Å². The number of aromatic nitrogens is 2. The lowest BCUT2D eigenvalue weighted by molar-refractivity contribution is 0.0902. The van der Waals surface area contributed by atoms with E-state index in [-0.39, 0.29) is 11.7 Å². The number of carbonyl (C=O) groups excluding carboxylic acids is 1. The third-order valence-corrected chi connectivity index (χ3v) is 3.97. The molecule has 0 bridgehead atoms. The van der Waals surface area contributed by atoms with Gasteiger partial charge in [0.2, 0.25) is 0 Å². The predicted molar refractivity (Wildman–Crippen MR) is 82.8 cm³/mol. The van der Waals surface area contributed by atoms with Crippen LogP contribution >= 0.6 is 11.6 Å². The van der Waals surface area contributed by atoms with Gasteiger partial charge in [0.1, 0.15) is 11.5 Å². The molecule has 21 heavy (non-hydrogen) atoms. The first kappa shape index (κ1) is 14.0. The third-order valence-electron chi connectivity index (χ3n) is 3.75. The summed E-state index contributed by atoms with van der Waals surface area (Å²) in [4.78, 5) is 23.1. The van der Waals surface area contributed by atoms with Gasteiger partial charge in [0.25, 0.3) is 0 Å². The number of halogens is 1. The van der Waals surface area contributed by atoms with Crippen LogP contribution in [0.5, 0.6) is 0 Å². The second-order valence-corrected chi connectivity index (χ2v) is 5.64. The van der Waals surface area contributed by atoms with Gasteiger partial charge in [-0.25, -0.2) is 4.98 Å². The minimum absolute atomic E-state index is 0.0221. The number of hydrogen-bond acceptors (Lipinski definition) is 4. The first-order chi connectivity index (χ1) is 10.2. The first-order valence-corrected chi connectivity index (χ1v) is 7.43. The number of anilines is 1. The minimum atomic E-state index is -0.0221. The largest absolute Gasteiger partial charge is 0.356 e. The Kier molecular flexibility index (Phi) is 4.15. The Labute approximate surface area is 128 Å². The molecule has 0 aliphatic carbocycles. The molecule has 0 radical (unpaired) electrons. The van der Waals surface area contributed by atoms with Gasteiger partial charge in [-0.15, -0.1) is 0 Å². The van der Waals surface area contributed by atoms with E-state index in [0.29, 0.717) is 17.3 Å². The van der Waals surface area contributed by atoms with Crippen LogP contribution in [-0.4, -0.2) is 28.8 Å². The van der Waals surface area contributed by atoms with E-state index in [0.717, 1.165) is 25.2 Å². The topological polar surface area (TPSA) is 46.1 Å². The molecule has 0 aromatic carbocycles. The Bertz CT molecular complexity index is 615. The number of Topliss-reactive ketones (excluding diaryl/α,β-unsaturated/α-hetero) is 1. The molecule has 1 atom stereocenters. The quantitative estimate of drug-likeness (QED) is 0.817. The normalized spacial score (nSPS) is 18.5. The lowest BCUT2D eigenvalue weighted by Crippen LogP contribution is -2.39. The predicted octanol–water partition coefficient (Wildman–Crippen LogP) is 3.23. The molecule has 3 rings (SSSR count). The van der Waals surface area contributed by atoms with E-state index < -0.39 is 0 Å². The van der Waals surface area contributed by atoms with Gasteiger partial charge in [0.15, 0.2) is 5.78 Å². The summed E-state index contributed by atoms with van der Waals surface area (Å²) in [6, 6.07) is 9.18. The molecule has 1 unspecified atom stereocenters. The van der Waals surface area contributed by atoms with Crippen molar-refractivity contribution in [2.45, 2.75) is 12.8 Å². The summed E-state index contributed by atoms with van der Waals surface area (Å²) in [6.45, 7) is 1.60. The van der Waals surface area contributed by atoms with Gasteiger partial charge in [-0.3, -0.25) is 9.78 Å². The van der Waals surface area contributed by atoms with E-state index in [1.54, 1.807) is 18.5 Å². The van der Waals surface area contributed by atoms with Crippen molar-refractivity contribution in [3.05, 3.63) is 53.4 Å². The van der Waals surface area contributed by atoms with Gasteiger partial charge in [0.05, 0.1) is 5.02 Å². The van der Waals surface area contributed by atoms with Gasteiger partial charge in [-0.2, -0.15) is 0 Å². The van der Waals surface area contributed by atoms with Gasteiger partial charge in [0, 0.05) is 31.4 Å². The lowest BCUT2D eigenvalue weighted by Gasteiger charge is -2.32. The number of pyridine rings is 2. The van der Waals surface area contributed by atoms with E-state index in [4.69, 9.17) is 11.6 Å². The number of rotatable bonds is 3. The van der Waals surface area contributed by atoms with Crippen LogP contribution in [0.2, 0.25) is 5.02 Å². The fourth-order valence-electron chi connectivity index (χ4n) is 2.67. The van der Waals surface area contributed by atoms with Crippen molar-refractivity contribution in [2.75, 3.05) is 18.0 Å². The van der Waals surface area contributed by atoms with Crippen molar-refractivity contribution in [1.29, 1.82) is 0 Å². The highest BCUT2D eigenvalue weighted by molar-refractivity contribution is 6.30. The van der Waals surface area contributed by atoms with Crippen LogP contribution in [0.1, 0.15) is 23.3 Å². The summed E-state index contributed by atoms with van der Waals surface area (Å²) in [5.74, 6) is 0.971. The highest BCUT2D eigenvalue weighted by Crippen LogP contribution is 2.24. The zero-order chi connectivity index (χ0) is 14.7. The Morgan fingerprint density at radius 2 is 2.14 bits per heavy atom. The van der Waals surface area contributed by atoms with Crippen molar-refractivity contribution in [1.82, 2.24) is 9.97 Å². The Hall–Kier alpha value is -1.94. The van der Waals surface area contributed by atoms with Crippen molar-refractivity contribution in [3.8, 4) is 0 Å². The molecule has 1 aliphatic rings. The zero-order valence-corrected chi connectivity index (χ0v) is 12.3. The van der Waals surface area contributed by atoms with Gasteiger partial charge in [-0.05, 0) is 37.1 Å². The summed E-state index contributed by atoms with van der Waals surface area (Å²) in [7, 11) is 0. The highest BCUT2D eigenvalue weighted by Gasteiger charge is 2.27. The second-order valence-electron chi connectivity index (χ2n) is 5.20. The third kappa shape index (κ3) is 3.22. The Morgan fingerprint density at radius 3 is 2.86 bits per heavy atom. The molecule has 4 nitrogen and oxygen atoms in total. The molecule has 1 fully saturated rings. The van der Waals surface area contributed by atoms with Crippen LogP contribution in [-0.2, 0) is 0 Å². The molecule has 108 valence electrons. The molecular weight excluding hydrogens is 286 g/mol. The van der Waals surface area contributed by atoms with Crippen molar-refractivity contribution >= 4 is 23.2 Å². The van der Waals surface area contributed by atoms with Crippen LogP contribution in [0.25, 0.3) is 0 Å². The molecule has 0 spiro atoms. The monoisotopic (exact) mass is 301 g/mol. The summed E-state index contributed by atoms with van der Waals surface area (Å²) >= 11 is 5.87. The molecule has 1 saturated heterocycles. The van der Waals surface area contributed by atoms with Crippen LogP contribution in [0.15, 0.2) is 42.7 Å². The fraction of sp³-hybridized carbons (Fsp3) is 0.312. The summed E-state index contributed by atoms with van der Waals surface area (Å²) < 4.78 is 0. The summed E-state index contributed by atoms with van der Waals surface area (Å²) in [6.07, 6.45) is 5.18. The Balaban J connectivity index is 1.74. The zero-order valence-electron chi connectivity index (χ0n) is 11.6. The van der Waals surface area contributed by atoms with E-state index >= 15 is 0 Å². The molecule has 2 aromatic rings. The SMILES string of the molecule is O=C(c1ccccn1)C1CCCN(c2ccc(Cl)cn2)C1. The van der Waals surface area contributed by atoms with Crippen molar-refractivity contribution < 1.29 is 4.79 Å². The summed E-state index contributed by atoms with van der Waals surface area (Å²) in [5, 5.41) is 0.622. The molecule has 5 heteroatoms. The molecule has 0 N–H and O–H groups in total. The molecule has 2 aromatic heterocycles. The van der Waals surface area contributed by atoms with Crippen LogP contribution < -0.4 is 4.90 Å². The maximum Gasteiger partial charge on any atom is 0.185 e. The average Bonchev–Trinajstić information content (AvgIpc) is 2.56. The maximum atomic E-state index is 12.5. The smallest absolute Gasteiger partial charge is 0.185 e. The molecular formula is C16H16ClN3O. The molecule has 3 heterocycles. The number of ketones is 1. The first-order valence-electron chi connectivity index (χ1n) is 7.06. The highest BCUT2D eigenvalue weighted by atomic mass is 35.5. The second kappa shape index (κ2) is 6.22. The van der Waals surface area contributed by atoms with E-state index in [2.05, 4.69) is 14.9 Å².